The lowest BCUT2D eigenvalue weighted by atomic mass is 10.2. The van der Waals surface area contributed by atoms with Crippen LogP contribution in [0.2, 0.25) is 10.0 Å². The molecule has 0 amide bonds. The van der Waals surface area contributed by atoms with Crippen LogP contribution in [-0.2, 0) is 6.61 Å². The number of hydrogen-bond donors (Lipinski definition) is 2. The van der Waals surface area contributed by atoms with Crippen molar-refractivity contribution < 1.29 is 14.5 Å². The smallest absolute Gasteiger partial charge is 0.199 e. The fraction of sp³-hybridized carbons (Fsp3) is 0.0769. The highest BCUT2D eigenvalue weighted by molar-refractivity contribution is 7.54. The number of halogens is 2. The Hall–Kier alpha value is -0.830. The highest BCUT2D eigenvalue weighted by Gasteiger charge is 2.06. The quantitative estimate of drug-likeness (QED) is 0.849. The van der Waals surface area contributed by atoms with Crippen molar-refractivity contribution in [2.24, 2.45) is 0 Å². The maximum absolute atomic E-state index is 9.15. The minimum absolute atomic E-state index is 0.290. The number of benzene rings is 2. The number of rotatable bonds is 4. The first kappa shape index (κ1) is 14.6. The highest BCUT2D eigenvalue weighted by Crippen LogP contribution is 2.28. The van der Waals surface area contributed by atoms with Gasteiger partial charge >= 0.3 is 0 Å². The summed E-state index contributed by atoms with van der Waals surface area (Å²) >= 11 is 11.8. The van der Waals surface area contributed by atoms with Crippen LogP contribution in [-0.4, -0.2) is 9.79 Å². The fourth-order valence-electron chi connectivity index (χ4n) is 1.52. The van der Waals surface area contributed by atoms with Crippen molar-refractivity contribution in [1.82, 2.24) is 0 Å². The zero-order chi connectivity index (χ0) is 13.8. The second-order valence-corrected chi connectivity index (χ2v) is 5.76. The maximum atomic E-state index is 9.15. The fourth-order valence-corrected chi connectivity index (χ4v) is 2.49. The topological polar surface area (TPSA) is 49.7 Å². The van der Waals surface area contributed by atoms with Gasteiger partial charge in [0.1, 0.15) is 12.4 Å². The van der Waals surface area contributed by atoms with Gasteiger partial charge in [-0.1, -0.05) is 35.3 Å². The second kappa shape index (κ2) is 6.56. The maximum Gasteiger partial charge on any atom is 0.199 e. The highest BCUT2D eigenvalue weighted by atomic mass is 35.5. The van der Waals surface area contributed by atoms with E-state index in [4.69, 9.17) is 37.7 Å². The Morgan fingerprint density at radius 3 is 2.53 bits per heavy atom. The SMILES string of the molecule is OP(O)c1cccc(COc2ccc(Cl)cc2Cl)c1. The third-order valence-electron chi connectivity index (χ3n) is 2.43. The summed E-state index contributed by atoms with van der Waals surface area (Å²) in [5, 5.41) is 1.47. The third-order valence-corrected chi connectivity index (χ3v) is 3.70. The van der Waals surface area contributed by atoms with Crippen LogP contribution in [0.15, 0.2) is 42.5 Å². The summed E-state index contributed by atoms with van der Waals surface area (Å²) in [6.07, 6.45) is 0. The van der Waals surface area contributed by atoms with Crippen LogP contribution in [0.25, 0.3) is 0 Å². The molecule has 2 rings (SSSR count). The molecule has 0 fully saturated rings. The average molecular weight is 317 g/mol. The number of hydrogen-bond acceptors (Lipinski definition) is 3. The molecule has 0 atom stereocenters. The van der Waals surface area contributed by atoms with Crippen LogP contribution in [0.3, 0.4) is 0 Å². The zero-order valence-electron chi connectivity index (χ0n) is 9.75. The van der Waals surface area contributed by atoms with Gasteiger partial charge < -0.3 is 14.5 Å². The molecule has 0 saturated heterocycles. The van der Waals surface area contributed by atoms with Crippen LogP contribution in [0.4, 0.5) is 0 Å². The summed E-state index contributed by atoms with van der Waals surface area (Å²) in [7, 11) is -2.09. The lowest BCUT2D eigenvalue weighted by Gasteiger charge is -2.09. The van der Waals surface area contributed by atoms with Gasteiger partial charge in [-0.15, -0.1) is 0 Å². The standard InChI is InChI=1S/C13H11Cl2O3P/c14-10-4-5-13(12(15)7-10)18-8-9-2-1-3-11(6-9)19(16)17/h1-7,16-17H,8H2. The molecule has 0 unspecified atom stereocenters. The van der Waals surface area contributed by atoms with E-state index in [1.54, 1.807) is 36.4 Å². The second-order valence-electron chi connectivity index (χ2n) is 3.82. The van der Waals surface area contributed by atoms with E-state index in [-0.39, 0.29) is 0 Å². The lowest BCUT2D eigenvalue weighted by molar-refractivity contribution is 0.306. The molecule has 0 spiro atoms. The molecule has 0 heterocycles. The van der Waals surface area contributed by atoms with Crippen molar-refractivity contribution in [2.75, 3.05) is 0 Å². The van der Waals surface area contributed by atoms with Crippen molar-refractivity contribution in [2.45, 2.75) is 6.61 Å². The normalized spacial score (nSPS) is 10.8. The molecule has 0 saturated carbocycles. The van der Waals surface area contributed by atoms with E-state index in [2.05, 4.69) is 0 Å². The summed E-state index contributed by atoms with van der Waals surface area (Å²) in [6, 6.07) is 11.9. The molecule has 2 aromatic carbocycles. The Morgan fingerprint density at radius 1 is 1.05 bits per heavy atom. The van der Waals surface area contributed by atoms with Gasteiger partial charge in [0, 0.05) is 10.3 Å². The van der Waals surface area contributed by atoms with E-state index >= 15 is 0 Å². The predicted octanol–water partition coefficient (Wildman–Crippen LogP) is 3.49. The molecular weight excluding hydrogens is 306 g/mol. The minimum atomic E-state index is -2.09. The first-order valence-corrected chi connectivity index (χ1v) is 7.41. The van der Waals surface area contributed by atoms with Crippen LogP contribution >= 0.6 is 31.6 Å². The van der Waals surface area contributed by atoms with E-state index in [0.717, 1.165) is 5.56 Å². The summed E-state index contributed by atoms with van der Waals surface area (Å²) in [5.74, 6) is 0.534. The first-order chi connectivity index (χ1) is 9.06. The lowest BCUT2D eigenvalue weighted by Crippen LogP contribution is -2.03. The predicted molar refractivity (Wildman–Crippen MR) is 78.2 cm³/mol. The molecule has 19 heavy (non-hydrogen) atoms. The van der Waals surface area contributed by atoms with Crippen LogP contribution in [0.1, 0.15) is 5.56 Å². The van der Waals surface area contributed by atoms with Gasteiger partial charge in [0.15, 0.2) is 8.38 Å². The van der Waals surface area contributed by atoms with Crippen molar-refractivity contribution in [3.05, 3.63) is 58.1 Å². The van der Waals surface area contributed by atoms with Crippen LogP contribution < -0.4 is 10.0 Å². The van der Waals surface area contributed by atoms with E-state index in [0.29, 0.717) is 27.7 Å². The van der Waals surface area contributed by atoms with Crippen LogP contribution in [0.5, 0.6) is 5.75 Å². The van der Waals surface area contributed by atoms with Gasteiger partial charge in [-0.2, -0.15) is 0 Å². The van der Waals surface area contributed by atoms with Gasteiger partial charge in [0.2, 0.25) is 0 Å². The summed E-state index contributed by atoms with van der Waals surface area (Å²) in [5.41, 5.74) is 0.833. The van der Waals surface area contributed by atoms with Crippen molar-refractivity contribution >= 4 is 36.9 Å². The summed E-state index contributed by atoms with van der Waals surface area (Å²) in [6.45, 7) is 0.290. The molecule has 0 radical (unpaired) electrons. The molecule has 0 aliphatic rings. The molecule has 100 valence electrons. The Labute approximate surface area is 122 Å². The van der Waals surface area contributed by atoms with Gasteiger partial charge in [-0.3, -0.25) is 0 Å². The Bertz CT molecular complexity index is 576. The van der Waals surface area contributed by atoms with Crippen molar-refractivity contribution in [3.63, 3.8) is 0 Å². The third kappa shape index (κ3) is 4.07. The van der Waals surface area contributed by atoms with Crippen LogP contribution in [0, 0.1) is 0 Å². The van der Waals surface area contributed by atoms with Gasteiger partial charge in [-0.25, -0.2) is 0 Å². The van der Waals surface area contributed by atoms with E-state index < -0.39 is 8.38 Å². The molecule has 0 bridgehead atoms. The van der Waals surface area contributed by atoms with E-state index in [1.807, 2.05) is 6.07 Å². The summed E-state index contributed by atoms with van der Waals surface area (Å²) in [4.78, 5) is 18.3. The van der Waals surface area contributed by atoms with Gasteiger partial charge in [0.25, 0.3) is 0 Å². The minimum Gasteiger partial charge on any atom is -0.487 e. The number of ether oxygens (including phenoxy) is 1. The van der Waals surface area contributed by atoms with Gasteiger partial charge in [-0.05, 0) is 35.9 Å². The van der Waals surface area contributed by atoms with Crippen molar-refractivity contribution in [3.8, 4) is 5.75 Å². The van der Waals surface area contributed by atoms with E-state index in [9.17, 15) is 0 Å². The van der Waals surface area contributed by atoms with Gasteiger partial charge in [0.05, 0.1) is 5.02 Å². The Morgan fingerprint density at radius 2 is 1.84 bits per heavy atom. The molecule has 0 aliphatic carbocycles. The molecular formula is C13H11Cl2O3P. The monoisotopic (exact) mass is 316 g/mol. The molecule has 0 aromatic heterocycles. The zero-order valence-corrected chi connectivity index (χ0v) is 12.2. The molecule has 3 nitrogen and oxygen atoms in total. The molecule has 2 N–H and O–H groups in total. The van der Waals surface area contributed by atoms with Crippen molar-refractivity contribution in [1.29, 1.82) is 0 Å². The largest absolute Gasteiger partial charge is 0.487 e. The van der Waals surface area contributed by atoms with E-state index in [1.165, 1.54) is 0 Å². The molecule has 2 aromatic rings. The first-order valence-electron chi connectivity index (χ1n) is 5.41. The molecule has 6 heteroatoms. The Balaban J connectivity index is 2.08. The Kier molecular flexibility index (Phi) is 5.03. The summed E-state index contributed by atoms with van der Waals surface area (Å²) < 4.78 is 5.57. The molecule has 0 aliphatic heterocycles. The average Bonchev–Trinajstić information content (AvgIpc) is 2.38.